The molecule has 0 heterocycles. The summed E-state index contributed by atoms with van der Waals surface area (Å²) in [6.45, 7) is 18.5. The number of rotatable bonds is 6. The summed E-state index contributed by atoms with van der Waals surface area (Å²) in [5.41, 5.74) is 4.29. The minimum Gasteiger partial charge on any atom is -0.480 e. The number of nitrogens with one attached hydrogen (secondary N) is 1. The molecule has 152 valence electrons. The molecule has 1 amide bonds. The third-order valence-corrected chi connectivity index (χ3v) is 10.9. The monoisotopic (exact) mass is 393 g/mol. The molecule has 0 aliphatic heterocycles. The Hall–Kier alpha value is -1.92. The van der Waals surface area contributed by atoms with Crippen LogP contribution in [0.25, 0.3) is 0 Å². The number of carbonyl (C=O) groups is 2. The van der Waals surface area contributed by atoms with Gasteiger partial charge in [0.1, 0.15) is 19.7 Å². The molecule has 0 aliphatic rings. The Morgan fingerprint density at radius 3 is 1.85 bits per heavy atom. The van der Waals surface area contributed by atoms with Gasteiger partial charge in [0.15, 0.2) is 0 Å². The van der Waals surface area contributed by atoms with E-state index in [-0.39, 0.29) is 6.42 Å². The van der Waals surface area contributed by atoms with Crippen LogP contribution in [0.5, 0.6) is 0 Å². The molecule has 0 aromatic heterocycles. The number of amides is 1. The number of hydrogen-bond acceptors (Lipinski definition) is 3. The molecular formula is C21H35NO4Si. The lowest BCUT2D eigenvalue weighted by Crippen LogP contribution is -2.43. The Morgan fingerprint density at radius 2 is 1.48 bits per heavy atom. The Bertz CT molecular complexity index is 617. The van der Waals surface area contributed by atoms with Crippen molar-refractivity contribution in [1.82, 2.24) is 5.32 Å². The minimum absolute atomic E-state index is 0.0250. The van der Waals surface area contributed by atoms with Gasteiger partial charge in [0.2, 0.25) is 0 Å². The van der Waals surface area contributed by atoms with E-state index < -0.39 is 31.8 Å². The summed E-state index contributed by atoms with van der Waals surface area (Å²) in [6, 6.07) is -1.13. The molecule has 2 N–H and O–H groups in total. The number of carboxylic acid groups (broad SMARTS) is 1. The Morgan fingerprint density at radius 1 is 1.00 bits per heavy atom. The maximum atomic E-state index is 11.8. The Labute approximate surface area is 165 Å². The highest BCUT2D eigenvalue weighted by molar-refractivity contribution is 6.90. The van der Waals surface area contributed by atoms with Crippen LogP contribution in [-0.4, -0.2) is 36.9 Å². The van der Waals surface area contributed by atoms with Crippen LogP contribution in [0, 0.1) is 23.3 Å². The van der Waals surface area contributed by atoms with E-state index in [1.54, 1.807) is 20.8 Å². The Kier molecular flexibility index (Phi) is 9.68. The van der Waals surface area contributed by atoms with Crippen LogP contribution in [0.3, 0.4) is 0 Å². The first-order valence-corrected chi connectivity index (χ1v) is 11.7. The molecule has 0 spiro atoms. The summed E-state index contributed by atoms with van der Waals surface area (Å²) >= 11 is 0. The molecular weight excluding hydrogens is 358 g/mol. The summed E-state index contributed by atoms with van der Waals surface area (Å²) in [5.74, 6) is 7.37. The van der Waals surface area contributed by atoms with Gasteiger partial charge in [-0.25, -0.2) is 9.59 Å². The number of alkyl carbamates (subject to hydrolysis) is 1. The number of carbonyl (C=O) groups excluding carboxylic acids is 1. The van der Waals surface area contributed by atoms with Gasteiger partial charge >= 0.3 is 12.1 Å². The summed E-state index contributed by atoms with van der Waals surface area (Å²) < 4.78 is 5.09. The summed E-state index contributed by atoms with van der Waals surface area (Å²) in [4.78, 5) is 23.1. The predicted molar refractivity (Wildman–Crippen MR) is 112 cm³/mol. The van der Waals surface area contributed by atoms with Crippen LogP contribution in [0.2, 0.25) is 16.6 Å². The average Bonchev–Trinajstić information content (AvgIpc) is 2.46. The van der Waals surface area contributed by atoms with E-state index >= 15 is 0 Å². The quantitative estimate of drug-likeness (QED) is 0.511. The SMILES string of the molecule is CC(C)[Si](C#CC#CCC(NC(=O)OC(C)(C)C)C(=O)O)(C(C)C)C(C)C. The second-order valence-electron chi connectivity index (χ2n) is 8.69. The van der Waals surface area contributed by atoms with E-state index in [9.17, 15) is 14.7 Å². The third-order valence-electron chi connectivity index (χ3n) is 4.59. The highest BCUT2D eigenvalue weighted by Gasteiger charge is 2.41. The van der Waals surface area contributed by atoms with Crippen molar-refractivity contribution in [3.8, 4) is 23.3 Å². The maximum Gasteiger partial charge on any atom is 0.408 e. The molecule has 0 saturated heterocycles. The maximum absolute atomic E-state index is 11.8. The number of ether oxygens (including phenoxy) is 1. The zero-order valence-corrected chi connectivity index (χ0v) is 19.2. The molecule has 0 radical (unpaired) electrons. The molecule has 0 aromatic carbocycles. The van der Waals surface area contributed by atoms with Gasteiger partial charge in [-0.15, -0.1) is 5.54 Å². The molecule has 5 nitrogen and oxygen atoms in total. The normalized spacial score (nSPS) is 12.7. The summed E-state index contributed by atoms with van der Waals surface area (Å²) in [6.07, 6.45) is -0.795. The molecule has 0 rings (SSSR count). The van der Waals surface area contributed by atoms with Gasteiger partial charge in [0.05, 0.1) is 0 Å². The Balaban J connectivity index is 5.21. The van der Waals surface area contributed by atoms with Gasteiger partial charge in [-0.3, -0.25) is 0 Å². The van der Waals surface area contributed by atoms with Crippen molar-refractivity contribution in [1.29, 1.82) is 0 Å². The van der Waals surface area contributed by atoms with Gasteiger partial charge in [-0.05, 0) is 49.2 Å². The molecule has 0 saturated carbocycles. The molecule has 1 atom stereocenters. The lowest BCUT2D eigenvalue weighted by molar-refractivity contribution is -0.139. The second-order valence-corrected chi connectivity index (χ2v) is 14.3. The molecule has 0 bridgehead atoms. The number of hydrogen-bond donors (Lipinski definition) is 2. The van der Waals surface area contributed by atoms with E-state index in [1.807, 2.05) is 0 Å². The van der Waals surface area contributed by atoms with Crippen molar-refractivity contribution in [3.63, 3.8) is 0 Å². The fraction of sp³-hybridized carbons (Fsp3) is 0.714. The van der Waals surface area contributed by atoms with E-state index in [2.05, 4.69) is 70.2 Å². The predicted octanol–water partition coefficient (Wildman–Crippen LogP) is 4.58. The molecule has 27 heavy (non-hydrogen) atoms. The first-order valence-electron chi connectivity index (χ1n) is 9.46. The first-order chi connectivity index (χ1) is 12.2. The largest absolute Gasteiger partial charge is 0.480 e. The van der Waals surface area contributed by atoms with Crippen LogP contribution >= 0.6 is 0 Å². The molecule has 0 aliphatic carbocycles. The smallest absolute Gasteiger partial charge is 0.408 e. The molecule has 0 fully saturated rings. The standard InChI is InChI=1S/C21H35NO4Si/c1-15(2)27(16(3)4,17(5)6)14-12-10-11-13-18(19(23)24)22-20(25)26-21(7,8)9/h15-18H,13H2,1-9H3,(H,22,25)(H,23,24). The summed E-state index contributed by atoms with van der Waals surface area (Å²) in [7, 11) is -1.85. The van der Waals surface area contributed by atoms with Crippen molar-refractivity contribution in [2.24, 2.45) is 0 Å². The fourth-order valence-corrected chi connectivity index (χ4v) is 8.56. The number of aliphatic carboxylic acids is 1. The minimum atomic E-state index is -1.85. The van der Waals surface area contributed by atoms with Crippen molar-refractivity contribution >= 4 is 20.1 Å². The zero-order valence-electron chi connectivity index (χ0n) is 18.2. The van der Waals surface area contributed by atoms with Crippen molar-refractivity contribution < 1.29 is 19.4 Å². The molecule has 1 unspecified atom stereocenters. The highest BCUT2D eigenvalue weighted by Crippen LogP contribution is 2.40. The second kappa shape index (κ2) is 10.4. The van der Waals surface area contributed by atoms with Crippen molar-refractivity contribution in [2.45, 2.75) is 97.0 Å². The average molecular weight is 394 g/mol. The zero-order chi connectivity index (χ0) is 21.4. The van der Waals surface area contributed by atoms with E-state index in [4.69, 9.17) is 4.74 Å². The van der Waals surface area contributed by atoms with Gasteiger partial charge in [0.25, 0.3) is 0 Å². The lowest BCUT2D eigenvalue weighted by Gasteiger charge is -2.37. The lowest BCUT2D eigenvalue weighted by atomic mass is 10.2. The van der Waals surface area contributed by atoms with Crippen LogP contribution in [-0.2, 0) is 9.53 Å². The molecule has 0 aromatic rings. The summed E-state index contributed by atoms with van der Waals surface area (Å²) in [5, 5.41) is 11.6. The van der Waals surface area contributed by atoms with Crippen LogP contribution in [0.1, 0.15) is 68.7 Å². The van der Waals surface area contributed by atoms with Crippen molar-refractivity contribution in [3.05, 3.63) is 0 Å². The number of carboxylic acids is 1. The van der Waals surface area contributed by atoms with Crippen molar-refractivity contribution in [2.75, 3.05) is 0 Å². The first kappa shape index (κ1) is 25.1. The fourth-order valence-electron chi connectivity index (χ4n) is 3.42. The van der Waals surface area contributed by atoms with Gasteiger partial charge in [-0.1, -0.05) is 47.5 Å². The van der Waals surface area contributed by atoms with E-state index in [0.29, 0.717) is 16.6 Å². The van der Waals surface area contributed by atoms with Gasteiger partial charge < -0.3 is 15.2 Å². The van der Waals surface area contributed by atoms with Gasteiger partial charge in [0, 0.05) is 6.42 Å². The highest BCUT2D eigenvalue weighted by atomic mass is 28.3. The van der Waals surface area contributed by atoms with E-state index in [0.717, 1.165) is 0 Å². The van der Waals surface area contributed by atoms with Crippen LogP contribution in [0.4, 0.5) is 4.79 Å². The molecule has 6 heteroatoms. The van der Waals surface area contributed by atoms with Crippen LogP contribution < -0.4 is 5.32 Å². The topological polar surface area (TPSA) is 75.6 Å². The van der Waals surface area contributed by atoms with Crippen LogP contribution in [0.15, 0.2) is 0 Å². The third kappa shape index (κ3) is 8.09. The van der Waals surface area contributed by atoms with E-state index in [1.165, 1.54) is 0 Å². The van der Waals surface area contributed by atoms with Gasteiger partial charge in [-0.2, -0.15) is 0 Å².